The minimum absolute atomic E-state index is 0.118. The lowest BCUT2D eigenvalue weighted by Gasteiger charge is -2.08. The fraction of sp³-hybridized carbons (Fsp3) is 0.222. The Labute approximate surface area is 108 Å². The third-order valence-electron chi connectivity index (χ3n) is 2.38. The quantitative estimate of drug-likeness (QED) is 0.663. The van der Waals surface area contributed by atoms with Gasteiger partial charge in [-0.25, -0.2) is 17.5 Å². The maximum absolute atomic E-state index is 13.3. The molecule has 2 rings (SSSR count). The van der Waals surface area contributed by atoms with Crippen LogP contribution in [-0.4, -0.2) is 29.0 Å². The van der Waals surface area contributed by atoms with E-state index in [1.54, 1.807) is 0 Å². The van der Waals surface area contributed by atoms with Gasteiger partial charge in [0.1, 0.15) is 5.82 Å². The Kier molecular flexibility index (Phi) is 3.44. The third-order valence-corrected chi connectivity index (χ3v) is 3.76. The number of sulfonamides is 1. The van der Waals surface area contributed by atoms with E-state index in [0.29, 0.717) is 0 Å². The highest BCUT2D eigenvalue weighted by atomic mass is 32.2. The summed E-state index contributed by atoms with van der Waals surface area (Å²) < 4.78 is 39.5. The van der Waals surface area contributed by atoms with Crippen molar-refractivity contribution >= 4 is 15.7 Å². The first kappa shape index (κ1) is 13.4. The molecule has 8 nitrogen and oxygen atoms in total. The molecule has 0 amide bonds. The van der Waals surface area contributed by atoms with Crippen LogP contribution in [-0.2, 0) is 16.6 Å². The molecule has 0 radical (unpaired) electrons. The first-order valence-electron chi connectivity index (χ1n) is 5.18. The van der Waals surface area contributed by atoms with Crippen LogP contribution in [0.3, 0.4) is 0 Å². The van der Waals surface area contributed by atoms with Gasteiger partial charge in [0.2, 0.25) is 10.0 Å². The largest absolute Gasteiger partial charge is 0.396 e. The summed E-state index contributed by atoms with van der Waals surface area (Å²) in [5.74, 6) is -0.438. The van der Waals surface area contributed by atoms with Crippen LogP contribution in [0.1, 0.15) is 11.4 Å². The number of halogens is 1. The number of anilines is 1. The van der Waals surface area contributed by atoms with E-state index in [1.807, 2.05) is 0 Å². The summed E-state index contributed by atoms with van der Waals surface area (Å²) in [6.07, 6.45) is 0. The van der Waals surface area contributed by atoms with Gasteiger partial charge in [-0.2, -0.15) is 5.21 Å². The summed E-state index contributed by atoms with van der Waals surface area (Å²) in [5.41, 5.74) is 5.33. The van der Waals surface area contributed by atoms with Crippen LogP contribution in [0.2, 0.25) is 0 Å². The molecule has 10 heteroatoms. The number of hydrogen-bond acceptors (Lipinski definition) is 6. The van der Waals surface area contributed by atoms with Crippen LogP contribution in [0.15, 0.2) is 17.0 Å². The lowest BCUT2D eigenvalue weighted by molar-refractivity contribution is 0.578. The van der Waals surface area contributed by atoms with Crippen molar-refractivity contribution in [1.29, 1.82) is 0 Å². The molecule has 0 aliphatic carbocycles. The molecule has 19 heavy (non-hydrogen) atoms. The van der Waals surface area contributed by atoms with E-state index in [4.69, 9.17) is 5.73 Å². The average molecular weight is 286 g/mol. The molecule has 0 bridgehead atoms. The summed E-state index contributed by atoms with van der Waals surface area (Å²) in [6.45, 7) is 1.30. The van der Waals surface area contributed by atoms with Crippen LogP contribution >= 0.6 is 0 Å². The van der Waals surface area contributed by atoms with Gasteiger partial charge in [0, 0.05) is 0 Å². The summed E-state index contributed by atoms with van der Waals surface area (Å²) in [7, 11) is -3.82. The normalized spacial score (nSPS) is 11.7. The Balaban J connectivity index is 2.24. The smallest absolute Gasteiger partial charge is 0.241 e. The number of nitrogens with zero attached hydrogens (tertiary/aromatic N) is 3. The first-order chi connectivity index (χ1) is 8.90. The maximum Gasteiger partial charge on any atom is 0.241 e. The summed E-state index contributed by atoms with van der Waals surface area (Å²) >= 11 is 0. The second-order valence-corrected chi connectivity index (χ2v) is 5.56. The average Bonchev–Trinajstić information content (AvgIpc) is 2.86. The summed E-state index contributed by atoms with van der Waals surface area (Å²) in [6, 6.07) is 2.26. The molecule has 2 aromatic rings. The van der Waals surface area contributed by atoms with Gasteiger partial charge in [0.25, 0.3) is 0 Å². The molecule has 1 aromatic carbocycles. The van der Waals surface area contributed by atoms with E-state index in [0.717, 1.165) is 6.07 Å². The number of nitrogen functional groups attached to an aromatic ring is 1. The molecular weight excluding hydrogens is 275 g/mol. The highest BCUT2D eigenvalue weighted by Gasteiger charge is 2.17. The van der Waals surface area contributed by atoms with Crippen LogP contribution in [0.4, 0.5) is 10.1 Å². The predicted molar refractivity (Wildman–Crippen MR) is 63.8 cm³/mol. The molecule has 102 valence electrons. The summed E-state index contributed by atoms with van der Waals surface area (Å²) in [5, 5.41) is 12.7. The SMILES string of the molecule is Cc1cc(S(=O)(=O)NCc2nn[nH]n2)cc(N)c1F. The zero-order valence-electron chi connectivity index (χ0n) is 9.88. The Bertz CT molecular complexity index is 662. The minimum Gasteiger partial charge on any atom is -0.396 e. The first-order valence-corrected chi connectivity index (χ1v) is 6.66. The van der Waals surface area contributed by atoms with E-state index in [-0.39, 0.29) is 28.5 Å². The maximum atomic E-state index is 13.3. The van der Waals surface area contributed by atoms with E-state index >= 15 is 0 Å². The van der Waals surface area contributed by atoms with Crippen LogP contribution in [0.25, 0.3) is 0 Å². The number of aromatic nitrogens is 4. The molecule has 1 heterocycles. The molecule has 0 aliphatic rings. The Hall–Kier alpha value is -2.07. The van der Waals surface area contributed by atoms with E-state index < -0.39 is 15.8 Å². The Morgan fingerprint density at radius 3 is 2.79 bits per heavy atom. The number of benzene rings is 1. The predicted octanol–water partition coefficient (Wildman–Crippen LogP) is -0.292. The molecule has 0 atom stereocenters. The zero-order chi connectivity index (χ0) is 14.0. The summed E-state index contributed by atoms with van der Waals surface area (Å²) in [4.78, 5) is -0.118. The number of aromatic amines is 1. The van der Waals surface area contributed by atoms with E-state index in [2.05, 4.69) is 25.3 Å². The van der Waals surface area contributed by atoms with Gasteiger partial charge < -0.3 is 5.73 Å². The molecule has 0 spiro atoms. The van der Waals surface area contributed by atoms with Crippen molar-refractivity contribution in [2.45, 2.75) is 18.4 Å². The fourth-order valence-electron chi connectivity index (χ4n) is 1.42. The van der Waals surface area contributed by atoms with Gasteiger partial charge in [-0.05, 0) is 24.6 Å². The molecular formula is C9H11FN6O2S. The number of nitrogens with one attached hydrogen (secondary N) is 2. The van der Waals surface area contributed by atoms with Gasteiger partial charge in [0.15, 0.2) is 5.82 Å². The highest BCUT2D eigenvalue weighted by Crippen LogP contribution is 2.20. The second-order valence-electron chi connectivity index (χ2n) is 3.80. The number of tetrazole rings is 1. The molecule has 0 aliphatic heterocycles. The van der Waals surface area contributed by atoms with Crippen LogP contribution in [0.5, 0.6) is 0 Å². The van der Waals surface area contributed by atoms with E-state index in [9.17, 15) is 12.8 Å². The zero-order valence-corrected chi connectivity index (χ0v) is 10.7. The lowest BCUT2D eigenvalue weighted by Crippen LogP contribution is -2.24. The van der Waals surface area contributed by atoms with Crippen LogP contribution in [0, 0.1) is 12.7 Å². The van der Waals surface area contributed by atoms with Crippen molar-refractivity contribution in [2.75, 3.05) is 5.73 Å². The van der Waals surface area contributed by atoms with Gasteiger partial charge in [-0.15, -0.1) is 10.2 Å². The van der Waals surface area contributed by atoms with E-state index in [1.165, 1.54) is 13.0 Å². The standard InChI is InChI=1S/C9H11FN6O2S/c1-5-2-6(3-7(11)9(5)10)19(17,18)12-4-8-13-15-16-14-8/h2-3,12H,4,11H2,1H3,(H,13,14,15,16). The molecule has 4 N–H and O–H groups in total. The van der Waals surface area contributed by atoms with Gasteiger partial charge in [-0.3, -0.25) is 0 Å². The van der Waals surface area contributed by atoms with Gasteiger partial charge in [0.05, 0.1) is 17.1 Å². The molecule has 0 fully saturated rings. The number of nitrogens with two attached hydrogens (primary N) is 1. The fourth-order valence-corrected chi connectivity index (χ4v) is 2.52. The third kappa shape index (κ3) is 2.85. The monoisotopic (exact) mass is 286 g/mol. The highest BCUT2D eigenvalue weighted by molar-refractivity contribution is 7.89. The van der Waals surface area contributed by atoms with Crippen molar-refractivity contribution < 1.29 is 12.8 Å². The molecule has 0 unspecified atom stereocenters. The van der Waals surface area contributed by atoms with Crippen molar-refractivity contribution in [3.63, 3.8) is 0 Å². The minimum atomic E-state index is -3.82. The molecule has 0 saturated heterocycles. The second kappa shape index (κ2) is 4.90. The number of H-pyrrole nitrogens is 1. The number of rotatable bonds is 4. The molecule has 0 saturated carbocycles. The van der Waals surface area contributed by atoms with Crippen molar-refractivity contribution in [1.82, 2.24) is 25.3 Å². The van der Waals surface area contributed by atoms with Crippen molar-refractivity contribution in [3.05, 3.63) is 29.3 Å². The van der Waals surface area contributed by atoms with Gasteiger partial charge in [-0.1, -0.05) is 5.21 Å². The molecule has 1 aromatic heterocycles. The topological polar surface area (TPSA) is 127 Å². The number of aryl methyl sites for hydroxylation is 1. The van der Waals surface area contributed by atoms with Crippen molar-refractivity contribution in [2.24, 2.45) is 0 Å². The Morgan fingerprint density at radius 1 is 1.47 bits per heavy atom. The number of hydrogen-bond donors (Lipinski definition) is 3. The van der Waals surface area contributed by atoms with Gasteiger partial charge >= 0.3 is 0 Å². The lowest BCUT2D eigenvalue weighted by atomic mass is 10.2. The Morgan fingerprint density at radius 2 is 2.21 bits per heavy atom. The van der Waals surface area contributed by atoms with Crippen molar-refractivity contribution in [3.8, 4) is 0 Å². The van der Waals surface area contributed by atoms with Crippen LogP contribution < -0.4 is 10.5 Å².